The van der Waals surface area contributed by atoms with Crippen LogP contribution in [0.1, 0.15) is 24.1 Å². The zero-order valence-electron chi connectivity index (χ0n) is 12.6. The zero-order valence-corrected chi connectivity index (χ0v) is 14.2. The van der Waals surface area contributed by atoms with Gasteiger partial charge in [0.25, 0.3) is 0 Å². The van der Waals surface area contributed by atoms with E-state index in [1.54, 1.807) is 7.11 Å². The van der Waals surface area contributed by atoms with Gasteiger partial charge in [-0.3, -0.25) is 0 Å². The van der Waals surface area contributed by atoms with Crippen LogP contribution in [0.25, 0.3) is 0 Å². The second kappa shape index (κ2) is 7.96. The number of methoxy groups -OCH3 is 1. The molecule has 2 rings (SSSR count). The lowest BCUT2D eigenvalue weighted by atomic mass is 10.1. The molecule has 2 amide bonds. The number of ether oxygens (including phenoxy) is 1. The molecule has 22 heavy (non-hydrogen) atoms. The van der Waals surface area contributed by atoms with Crippen molar-refractivity contribution in [2.24, 2.45) is 0 Å². The van der Waals surface area contributed by atoms with Crippen molar-refractivity contribution in [3.05, 3.63) is 64.1 Å². The maximum atomic E-state index is 12.1. The molecule has 0 saturated carbocycles. The first kappa shape index (κ1) is 16.5. The first-order chi connectivity index (χ1) is 10.6. The van der Waals surface area contributed by atoms with E-state index in [9.17, 15) is 4.79 Å². The standard InChI is InChI=1S/C17H19BrN2O2/c1-12(15-8-3-4-9-16(15)18)19-17(21)20-14-7-5-6-13(10-14)11-22-2/h3-10,12H,11H2,1-2H3,(H2,19,20,21). The largest absolute Gasteiger partial charge is 0.380 e. The molecular formula is C17H19BrN2O2. The van der Waals surface area contributed by atoms with Crippen LogP contribution in [0, 0.1) is 0 Å². The molecule has 0 fully saturated rings. The minimum Gasteiger partial charge on any atom is -0.380 e. The Labute approximate surface area is 139 Å². The Hall–Kier alpha value is -1.85. The third kappa shape index (κ3) is 4.58. The number of anilines is 1. The fourth-order valence-corrected chi connectivity index (χ4v) is 2.80. The molecular weight excluding hydrogens is 344 g/mol. The highest BCUT2D eigenvalue weighted by atomic mass is 79.9. The van der Waals surface area contributed by atoms with Crippen LogP contribution in [0.3, 0.4) is 0 Å². The Morgan fingerprint density at radius 2 is 2.00 bits per heavy atom. The van der Waals surface area contributed by atoms with Crippen LogP contribution < -0.4 is 10.6 Å². The number of hydrogen-bond acceptors (Lipinski definition) is 2. The average Bonchev–Trinajstić information content (AvgIpc) is 2.48. The Balaban J connectivity index is 1.98. The molecule has 5 heteroatoms. The van der Waals surface area contributed by atoms with Crippen LogP contribution in [0.5, 0.6) is 0 Å². The van der Waals surface area contributed by atoms with Gasteiger partial charge < -0.3 is 15.4 Å². The van der Waals surface area contributed by atoms with Crippen LogP contribution in [0.4, 0.5) is 10.5 Å². The van der Waals surface area contributed by atoms with Crippen molar-refractivity contribution in [2.45, 2.75) is 19.6 Å². The minimum absolute atomic E-state index is 0.0993. The summed E-state index contributed by atoms with van der Waals surface area (Å²) in [7, 11) is 1.65. The van der Waals surface area contributed by atoms with E-state index in [4.69, 9.17) is 4.74 Å². The number of hydrogen-bond donors (Lipinski definition) is 2. The van der Waals surface area contributed by atoms with E-state index in [1.165, 1.54) is 0 Å². The number of amides is 2. The number of nitrogens with one attached hydrogen (secondary N) is 2. The molecule has 2 aromatic carbocycles. The number of carbonyl (C=O) groups is 1. The van der Waals surface area contributed by atoms with Gasteiger partial charge in [-0.25, -0.2) is 4.79 Å². The summed E-state index contributed by atoms with van der Waals surface area (Å²) in [6.45, 7) is 2.46. The third-order valence-electron chi connectivity index (χ3n) is 3.22. The highest BCUT2D eigenvalue weighted by Gasteiger charge is 2.12. The van der Waals surface area contributed by atoms with Crippen molar-refractivity contribution >= 4 is 27.6 Å². The average molecular weight is 363 g/mol. The van der Waals surface area contributed by atoms with Gasteiger partial charge in [0.15, 0.2) is 0 Å². The first-order valence-electron chi connectivity index (χ1n) is 7.00. The van der Waals surface area contributed by atoms with Gasteiger partial charge in [0.1, 0.15) is 0 Å². The highest BCUT2D eigenvalue weighted by molar-refractivity contribution is 9.10. The second-order valence-corrected chi connectivity index (χ2v) is 5.83. The van der Waals surface area contributed by atoms with Gasteiger partial charge in [-0.15, -0.1) is 0 Å². The molecule has 0 aliphatic heterocycles. The second-order valence-electron chi connectivity index (χ2n) is 4.98. The van der Waals surface area contributed by atoms with Crippen LogP contribution in [-0.4, -0.2) is 13.1 Å². The lowest BCUT2D eigenvalue weighted by Crippen LogP contribution is -2.31. The van der Waals surface area contributed by atoms with Crippen LogP contribution in [0.2, 0.25) is 0 Å². The summed E-state index contributed by atoms with van der Waals surface area (Å²) < 4.78 is 6.07. The SMILES string of the molecule is COCc1cccc(NC(=O)NC(C)c2ccccc2Br)c1. The van der Waals surface area contributed by atoms with Gasteiger partial charge in [-0.05, 0) is 36.2 Å². The van der Waals surface area contributed by atoms with E-state index < -0.39 is 0 Å². The molecule has 1 unspecified atom stereocenters. The van der Waals surface area contributed by atoms with E-state index >= 15 is 0 Å². The molecule has 0 radical (unpaired) electrons. The normalized spacial score (nSPS) is 11.8. The number of rotatable bonds is 5. The van der Waals surface area contributed by atoms with Gasteiger partial charge in [0.2, 0.25) is 0 Å². The lowest BCUT2D eigenvalue weighted by Gasteiger charge is -2.16. The molecule has 0 bridgehead atoms. The number of benzene rings is 2. The molecule has 116 valence electrons. The van der Waals surface area contributed by atoms with Crippen LogP contribution in [-0.2, 0) is 11.3 Å². The van der Waals surface area contributed by atoms with Crippen molar-refractivity contribution in [2.75, 3.05) is 12.4 Å². The molecule has 2 N–H and O–H groups in total. The predicted molar refractivity (Wildman–Crippen MR) is 91.9 cm³/mol. The van der Waals surface area contributed by atoms with Crippen molar-refractivity contribution in [1.82, 2.24) is 5.32 Å². The van der Waals surface area contributed by atoms with E-state index in [-0.39, 0.29) is 12.1 Å². The molecule has 0 heterocycles. The topological polar surface area (TPSA) is 50.4 Å². The molecule has 0 aliphatic carbocycles. The monoisotopic (exact) mass is 362 g/mol. The smallest absolute Gasteiger partial charge is 0.319 e. The molecule has 0 aliphatic rings. The van der Waals surface area contributed by atoms with Gasteiger partial charge in [-0.1, -0.05) is 46.3 Å². The Kier molecular flexibility index (Phi) is 5.98. The fourth-order valence-electron chi connectivity index (χ4n) is 2.17. The van der Waals surface area contributed by atoms with Gasteiger partial charge >= 0.3 is 6.03 Å². The Morgan fingerprint density at radius 1 is 1.23 bits per heavy atom. The summed E-state index contributed by atoms with van der Waals surface area (Å²) in [6.07, 6.45) is 0. The number of carbonyl (C=O) groups excluding carboxylic acids is 1. The van der Waals surface area contributed by atoms with Gasteiger partial charge in [0, 0.05) is 17.3 Å². The number of urea groups is 1. The van der Waals surface area contributed by atoms with E-state index in [1.807, 2.05) is 55.5 Å². The molecule has 1 atom stereocenters. The summed E-state index contributed by atoms with van der Waals surface area (Å²) >= 11 is 3.49. The predicted octanol–water partition coefficient (Wildman–Crippen LogP) is 4.48. The summed E-state index contributed by atoms with van der Waals surface area (Å²) in [6, 6.07) is 15.1. The minimum atomic E-state index is -0.238. The molecule has 0 spiro atoms. The number of halogens is 1. The zero-order chi connectivity index (χ0) is 15.9. The van der Waals surface area contributed by atoms with E-state index in [2.05, 4.69) is 26.6 Å². The molecule has 0 saturated heterocycles. The van der Waals surface area contributed by atoms with Gasteiger partial charge in [-0.2, -0.15) is 0 Å². The highest BCUT2D eigenvalue weighted by Crippen LogP contribution is 2.22. The van der Waals surface area contributed by atoms with Crippen molar-refractivity contribution in [3.63, 3.8) is 0 Å². The summed E-state index contributed by atoms with van der Waals surface area (Å²) in [5.41, 5.74) is 2.79. The molecule has 0 aromatic heterocycles. The summed E-state index contributed by atoms with van der Waals surface area (Å²) in [5, 5.41) is 5.77. The van der Waals surface area contributed by atoms with Crippen molar-refractivity contribution in [1.29, 1.82) is 0 Å². The fraction of sp³-hybridized carbons (Fsp3) is 0.235. The third-order valence-corrected chi connectivity index (χ3v) is 3.94. The maximum Gasteiger partial charge on any atom is 0.319 e. The Morgan fingerprint density at radius 3 is 2.73 bits per heavy atom. The summed E-state index contributed by atoms with van der Waals surface area (Å²) in [4.78, 5) is 12.1. The maximum absolute atomic E-state index is 12.1. The van der Waals surface area contributed by atoms with E-state index in [0.717, 1.165) is 21.3 Å². The van der Waals surface area contributed by atoms with Crippen LogP contribution in [0.15, 0.2) is 53.0 Å². The quantitative estimate of drug-likeness (QED) is 0.823. The van der Waals surface area contributed by atoms with E-state index in [0.29, 0.717) is 6.61 Å². The molecule has 2 aromatic rings. The molecule has 4 nitrogen and oxygen atoms in total. The van der Waals surface area contributed by atoms with Gasteiger partial charge in [0.05, 0.1) is 12.6 Å². The van der Waals surface area contributed by atoms with Crippen molar-refractivity contribution < 1.29 is 9.53 Å². The Bertz CT molecular complexity index is 646. The van der Waals surface area contributed by atoms with Crippen molar-refractivity contribution in [3.8, 4) is 0 Å². The lowest BCUT2D eigenvalue weighted by molar-refractivity contribution is 0.185. The summed E-state index contributed by atoms with van der Waals surface area (Å²) in [5.74, 6) is 0. The van der Waals surface area contributed by atoms with Crippen LogP contribution >= 0.6 is 15.9 Å². The first-order valence-corrected chi connectivity index (χ1v) is 7.79.